The summed E-state index contributed by atoms with van der Waals surface area (Å²) in [5.41, 5.74) is 2.15. The zero-order chi connectivity index (χ0) is 14.8. The standard InChI is InChI=1S/C14H17ClN4O2/c15-10-7-11-9(6-13(20)17-11)5-12(10)18-14(21)8-19-3-1-16-2-4-19/h5,7,16H,1-4,6,8H2,(H,17,20)(H,18,21). The number of piperazine rings is 1. The summed E-state index contributed by atoms with van der Waals surface area (Å²) in [6.07, 6.45) is 0.327. The monoisotopic (exact) mass is 308 g/mol. The first kappa shape index (κ1) is 14.3. The van der Waals surface area contributed by atoms with Crippen LogP contribution in [0.2, 0.25) is 5.02 Å². The van der Waals surface area contributed by atoms with Gasteiger partial charge >= 0.3 is 0 Å². The SMILES string of the molecule is O=C(CN1CCNCC1)Nc1cc2c(cc1Cl)NC(=O)C2. The van der Waals surface area contributed by atoms with E-state index in [0.717, 1.165) is 37.4 Å². The Bertz CT molecular complexity index is 585. The van der Waals surface area contributed by atoms with Crippen molar-refractivity contribution in [2.75, 3.05) is 43.4 Å². The summed E-state index contributed by atoms with van der Waals surface area (Å²) >= 11 is 6.15. The minimum atomic E-state index is -0.0870. The molecule has 2 heterocycles. The van der Waals surface area contributed by atoms with Crippen molar-refractivity contribution in [1.29, 1.82) is 0 Å². The molecule has 1 aromatic rings. The maximum atomic E-state index is 12.1. The molecule has 2 aliphatic heterocycles. The van der Waals surface area contributed by atoms with Gasteiger partial charge in [0.2, 0.25) is 11.8 Å². The molecule has 21 heavy (non-hydrogen) atoms. The van der Waals surface area contributed by atoms with Gasteiger partial charge in [0.05, 0.1) is 23.7 Å². The van der Waals surface area contributed by atoms with Crippen LogP contribution in [0.5, 0.6) is 0 Å². The van der Waals surface area contributed by atoms with Gasteiger partial charge in [0.1, 0.15) is 0 Å². The second-order valence-corrected chi connectivity index (χ2v) is 5.70. The van der Waals surface area contributed by atoms with Crippen LogP contribution < -0.4 is 16.0 Å². The zero-order valence-electron chi connectivity index (χ0n) is 11.5. The van der Waals surface area contributed by atoms with Crippen LogP contribution in [0, 0.1) is 0 Å². The molecule has 0 aliphatic carbocycles. The second-order valence-electron chi connectivity index (χ2n) is 5.29. The van der Waals surface area contributed by atoms with E-state index in [2.05, 4.69) is 20.9 Å². The molecule has 1 fully saturated rings. The third-order valence-electron chi connectivity index (χ3n) is 3.67. The number of fused-ring (bicyclic) bond motifs is 1. The van der Waals surface area contributed by atoms with Crippen molar-refractivity contribution in [2.45, 2.75) is 6.42 Å². The number of benzene rings is 1. The van der Waals surface area contributed by atoms with Crippen LogP contribution in [0.25, 0.3) is 0 Å². The Morgan fingerprint density at radius 3 is 2.86 bits per heavy atom. The van der Waals surface area contributed by atoms with Crippen molar-refractivity contribution in [3.05, 3.63) is 22.7 Å². The van der Waals surface area contributed by atoms with Gasteiger partial charge in [0.25, 0.3) is 0 Å². The van der Waals surface area contributed by atoms with Crippen LogP contribution in [-0.2, 0) is 16.0 Å². The second kappa shape index (κ2) is 6.01. The molecular formula is C14H17ClN4O2. The lowest BCUT2D eigenvalue weighted by Gasteiger charge is -2.26. The fraction of sp³-hybridized carbons (Fsp3) is 0.429. The number of nitrogens with zero attached hydrogens (tertiary/aromatic N) is 1. The van der Waals surface area contributed by atoms with Crippen LogP contribution in [0.4, 0.5) is 11.4 Å². The number of amides is 2. The summed E-state index contributed by atoms with van der Waals surface area (Å²) in [5, 5.41) is 9.24. The molecule has 0 atom stereocenters. The van der Waals surface area contributed by atoms with Gasteiger partial charge in [-0.15, -0.1) is 0 Å². The van der Waals surface area contributed by atoms with E-state index in [1.807, 2.05) is 0 Å². The average Bonchev–Trinajstić information content (AvgIpc) is 2.79. The molecule has 2 amide bonds. The van der Waals surface area contributed by atoms with Gasteiger partial charge in [-0.3, -0.25) is 14.5 Å². The Morgan fingerprint density at radius 1 is 1.33 bits per heavy atom. The Morgan fingerprint density at radius 2 is 2.10 bits per heavy atom. The van der Waals surface area contributed by atoms with Gasteiger partial charge in [-0.25, -0.2) is 0 Å². The summed E-state index contributed by atoms with van der Waals surface area (Å²) in [7, 11) is 0. The lowest BCUT2D eigenvalue weighted by molar-refractivity contribution is -0.117. The molecule has 6 nitrogen and oxygen atoms in total. The van der Waals surface area contributed by atoms with E-state index in [-0.39, 0.29) is 11.8 Å². The highest BCUT2D eigenvalue weighted by atomic mass is 35.5. The topological polar surface area (TPSA) is 73.5 Å². The largest absolute Gasteiger partial charge is 0.325 e. The summed E-state index contributed by atoms with van der Waals surface area (Å²) in [4.78, 5) is 25.5. The van der Waals surface area contributed by atoms with E-state index in [1.165, 1.54) is 0 Å². The summed E-state index contributed by atoms with van der Waals surface area (Å²) in [6.45, 7) is 3.89. The quantitative estimate of drug-likeness (QED) is 0.768. The molecule has 112 valence electrons. The van der Waals surface area contributed by atoms with E-state index in [9.17, 15) is 9.59 Å². The number of carbonyl (C=O) groups is 2. The zero-order valence-corrected chi connectivity index (χ0v) is 12.3. The Hall–Kier alpha value is -1.63. The smallest absolute Gasteiger partial charge is 0.238 e. The molecule has 3 N–H and O–H groups in total. The molecule has 1 saturated heterocycles. The highest BCUT2D eigenvalue weighted by Crippen LogP contribution is 2.32. The van der Waals surface area contributed by atoms with Gasteiger partial charge in [-0.1, -0.05) is 11.6 Å². The summed E-state index contributed by atoms with van der Waals surface area (Å²) < 4.78 is 0. The number of rotatable bonds is 3. The van der Waals surface area contributed by atoms with Crippen molar-refractivity contribution < 1.29 is 9.59 Å². The Balaban J connectivity index is 1.66. The van der Waals surface area contributed by atoms with Gasteiger partial charge in [-0.05, 0) is 17.7 Å². The Kier molecular flexibility index (Phi) is 4.10. The van der Waals surface area contributed by atoms with E-state index in [0.29, 0.717) is 23.7 Å². The van der Waals surface area contributed by atoms with Crippen LogP contribution in [-0.4, -0.2) is 49.4 Å². The maximum Gasteiger partial charge on any atom is 0.238 e. The third kappa shape index (κ3) is 3.34. The van der Waals surface area contributed by atoms with Gasteiger partial charge in [-0.2, -0.15) is 0 Å². The molecule has 0 saturated carbocycles. The predicted octanol–water partition coefficient (Wildman–Crippen LogP) is 0.678. The molecule has 7 heteroatoms. The third-order valence-corrected chi connectivity index (χ3v) is 3.98. The van der Waals surface area contributed by atoms with E-state index < -0.39 is 0 Å². The molecule has 0 aromatic heterocycles. The van der Waals surface area contributed by atoms with Crippen molar-refractivity contribution in [3.8, 4) is 0 Å². The van der Waals surface area contributed by atoms with Crippen LogP contribution in [0.3, 0.4) is 0 Å². The minimum absolute atomic E-state index is 0.0506. The average molecular weight is 309 g/mol. The number of hydrogen-bond donors (Lipinski definition) is 3. The summed E-state index contributed by atoms with van der Waals surface area (Å²) in [6, 6.07) is 3.45. The number of anilines is 2. The number of halogens is 1. The van der Waals surface area contributed by atoms with Gasteiger partial charge < -0.3 is 16.0 Å². The van der Waals surface area contributed by atoms with Crippen molar-refractivity contribution in [3.63, 3.8) is 0 Å². The molecule has 3 rings (SSSR count). The fourth-order valence-corrected chi connectivity index (χ4v) is 2.82. The number of hydrogen-bond acceptors (Lipinski definition) is 4. The number of nitrogens with one attached hydrogen (secondary N) is 3. The van der Waals surface area contributed by atoms with Crippen LogP contribution in [0.15, 0.2) is 12.1 Å². The minimum Gasteiger partial charge on any atom is -0.325 e. The highest BCUT2D eigenvalue weighted by molar-refractivity contribution is 6.34. The molecule has 0 unspecified atom stereocenters. The lowest BCUT2D eigenvalue weighted by atomic mass is 10.1. The molecule has 0 radical (unpaired) electrons. The van der Waals surface area contributed by atoms with E-state index in [1.54, 1.807) is 12.1 Å². The van der Waals surface area contributed by atoms with Gasteiger partial charge in [0.15, 0.2) is 0 Å². The molecular weight excluding hydrogens is 292 g/mol. The van der Waals surface area contributed by atoms with E-state index in [4.69, 9.17) is 11.6 Å². The Labute approximate surface area is 127 Å². The fourth-order valence-electron chi connectivity index (χ4n) is 2.61. The molecule has 0 spiro atoms. The molecule has 1 aromatic carbocycles. The van der Waals surface area contributed by atoms with Gasteiger partial charge in [0, 0.05) is 31.9 Å². The predicted molar refractivity (Wildman–Crippen MR) is 81.7 cm³/mol. The first-order valence-corrected chi connectivity index (χ1v) is 7.35. The molecule has 2 aliphatic rings. The number of carbonyl (C=O) groups excluding carboxylic acids is 2. The van der Waals surface area contributed by atoms with Crippen molar-refractivity contribution >= 4 is 34.8 Å². The normalized spacial score (nSPS) is 18.2. The van der Waals surface area contributed by atoms with Crippen LogP contribution >= 0.6 is 11.6 Å². The molecule has 0 bridgehead atoms. The first-order valence-electron chi connectivity index (χ1n) is 6.97. The maximum absolute atomic E-state index is 12.1. The van der Waals surface area contributed by atoms with E-state index >= 15 is 0 Å². The summed E-state index contributed by atoms with van der Waals surface area (Å²) in [5.74, 6) is -0.138. The lowest BCUT2D eigenvalue weighted by Crippen LogP contribution is -2.46. The van der Waals surface area contributed by atoms with Crippen molar-refractivity contribution in [1.82, 2.24) is 10.2 Å². The van der Waals surface area contributed by atoms with Crippen molar-refractivity contribution in [2.24, 2.45) is 0 Å². The highest BCUT2D eigenvalue weighted by Gasteiger charge is 2.21. The first-order chi connectivity index (χ1) is 10.1. The van der Waals surface area contributed by atoms with Crippen LogP contribution in [0.1, 0.15) is 5.56 Å².